The fraction of sp³-hybridized carbons (Fsp3) is 0.158. The molecule has 1 aliphatic rings. The molecular weight excluding hydrogens is 288 g/mol. The van der Waals surface area contributed by atoms with Gasteiger partial charge in [0.25, 0.3) is 0 Å². The first kappa shape index (κ1) is 13.6. The van der Waals surface area contributed by atoms with Crippen molar-refractivity contribution in [3.05, 3.63) is 53.6 Å². The fourth-order valence-electron chi connectivity index (χ4n) is 2.91. The smallest absolute Gasteiger partial charge is 0.162 e. The number of nitriles is 1. The molecule has 2 heterocycles. The number of ether oxygens (including phenoxy) is 2. The number of pyridine rings is 1. The van der Waals surface area contributed by atoms with Crippen molar-refractivity contribution in [2.45, 2.75) is 6.92 Å². The van der Waals surface area contributed by atoms with Crippen LogP contribution in [-0.4, -0.2) is 18.2 Å². The van der Waals surface area contributed by atoms with E-state index in [2.05, 4.69) is 6.07 Å². The summed E-state index contributed by atoms with van der Waals surface area (Å²) in [5.41, 5.74) is 3.97. The van der Waals surface area contributed by atoms with Crippen LogP contribution < -0.4 is 9.47 Å². The van der Waals surface area contributed by atoms with Crippen LogP contribution in [0.4, 0.5) is 0 Å². The van der Waals surface area contributed by atoms with Gasteiger partial charge in [-0.1, -0.05) is 18.2 Å². The van der Waals surface area contributed by atoms with Gasteiger partial charge in [-0.3, -0.25) is 0 Å². The summed E-state index contributed by atoms with van der Waals surface area (Å²) in [7, 11) is 0. The highest BCUT2D eigenvalue weighted by Gasteiger charge is 2.17. The maximum Gasteiger partial charge on any atom is 0.162 e. The quantitative estimate of drug-likeness (QED) is 0.685. The molecule has 4 heteroatoms. The number of aromatic nitrogens is 1. The third-order valence-corrected chi connectivity index (χ3v) is 4.08. The SMILES string of the molecule is Cc1c(C#N)c(-c2ccc3c(c2)OCCO3)nc2ccccc12. The van der Waals surface area contributed by atoms with Crippen molar-refractivity contribution < 1.29 is 9.47 Å². The molecule has 2 aromatic carbocycles. The van der Waals surface area contributed by atoms with Gasteiger partial charge in [-0.15, -0.1) is 0 Å². The molecule has 4 rings (SSSR count). The fourth-order valence-corrected chi connectivity index (χ4v) is 2.91. The van der Waals surface area contributed by atoms with Crippen molar-refractivity contribution in [2.75, 3.05) is 13.2 Å². The number of benzene rings is 2. The summed E-state index contributed by atoms with van der Waals surface area (Å²) in [4.78, 5) is 4.71. The van der Waals surface area contributed by atoms with Gasteiger partial charge in [0.2, 0.25) is 0 Å². The number of rotatable bonds is 1. The zero-order valence-electron chi connectivity index (χ0n) is 12.7. The molecule has 0 atom stereocenters. The third-order valence-electron chi connectivity index (χ3n) is 4.08. The van der Waals surface area contributed by atoms with E-state index in [4.69, 9.17) is 14.5 Å². The van der Waals surface area contributed by atoms with Crippen LogP contribution in [0, 0.1) is 18.3 Å². The van der Waals surface area contributed by atoms with Gasteiger partial charge < -0.3 is 9.47 Å². The Morgan fingerprint density at radius 2 is 1.83 bits per heavy atom. The van der Waals surface area contributed by atoms with Gasteiger partial charge in [0.15, 0.2) is 11.5 Å². The minimum absolute atomic E-state index is 0.533. The van der Waals surface area contributed by atoms with Crippen LogP contribution >= 0.6 is 0 Å². The molecule has 0 fully saturated rings. The summed E-state index contributed by atoms with van der Waals surface area (Å²) in [5, 5.41) is 10.6. The summed E-state index contributed by atoms with van der Waals surface area (Å²) in [5.74, 6) is 1.43. The van der Waals surface area contributed by atoms with Gasteiger partial charge in [-0.25, -0.2) is 4.98 Å². The van der Waals surface area contributed by atoms with E-state index < -0.39 is 0 Å². The molecule has 112 valence electrons. The third kappa shape index (κ3) is 2.18. The van der Waals surface area contributed by atoms with E-state index in [-0.39, 0.29) is 0 Å². The largest absolute Gasteiger partial charge is 0.486 e. The highest BCUT2D eigenvalue weighted by atomic mass is 16.6. The number of hydrogen-bond donors (Lipinski definition) is 0. The number of nitrogens with zero attached hydrogens (tertiary/aromatic N) is 2. The highest BCUT2D eigenvalue weighted by Crippen LogP contribution is 2.36. The van der Waals surface area contributed by atoms with Gasteiger partial charge in [-0.05, 0) is 36.8 Å². The maximum absolute atomic E-state index is 9.61. The van der Waals surface area contributed by atoms with Crippen LogP contribution in [-0.2, 0) is 0 Å². The molecule has 0 bridgehead atoms. The van der Waals surface area contributed by atoms with Crippen molar-refractivity contribution in [2.24, 2.45) is 0 Å². The van der Waals surface area contributed by atoms with Gasteiger partial charge in [0.05, 0.1) is 16.8 Å². The van der Waals surface area contributed by atoms with Crippen LogP contribution in [0.5, 0.6) is 11.5 Å². The van der Waals surface area contributed by atoms with E-state index in [0.29, 0.717) is 30.2 Å². The van der Waals surface area contributed by atoms with Crippen molar-refractivity contribution in [3.8, 4) is 28.8 Å². The molecule has 0 spiro atoms. The molecular formula is C19H14N2O2. The summed E-state index contributed by atoms with van der Waals surface area (Å²) in [6.07, 6.45) is 0. The number of para-hydroxylation sites is 1. The molecule has 0 aliphatic carbocycles. The lowest BCUT2D eigenvalue weighted by atomic mass is 9.98. The van der Waals surface area contributed by atoms with Crippen LogP contribution in [0.15, 0.2) is 42.5 Å². The summed E-state index contributed by atoms with van der Waals surface area (Å²) in [6, 6.07) is 15.9. The van der Waals surface area contributed by atoms with Gasteiger partial charge in [0.1, 0.15) is 19.3 Å². The normalized spacial score (nSPS) is 12.9. The monoisotopic (exact) mass is 302 g/mol. The maximum atomic E-state index is 9.61. The first-order valence-corrected chi connectivity index (χ1v) is 7.47. The topological polar surface area (TPSA) is 55.1 Å². The highest BCUT2D eigenvalue weighted by molar-refractivity contribution is 5.88. The zero-order chi connectivity index (χ0) is 15.8. The average molecular weight is 302 g/mol. The van der Waals surface area contributed by atoms with Crippen LogP contribution in [0.25, 0.3) is 22.2 Å². The van der Waals surface area contributed by atoms with Crippen molar-refractivity contribution in [1.82, 2.24) is 4.98 Å². The van der Waals surface area contributed by atoms with E-state index in [1.807, 2.05) is 49.4 Å². The second kappa shape index (κ2) is 5.29. The Morgan fingerprint density at radius 3 is 2.65 bits per heavy atom. The van der Waals surface area contributed by atoms with Crippen molar-refractivity contribution in [3.63, 3.8) is 0 Å². The predicted octanol–water partition coefficient (Wildman–Crippen LogP) is 3.85. The Labute approximate surface area is 133 Å². The Hall–Kier alpha value is -3.06. The number of fused-ring (bicyclic) bond motifs is 2. The second-order valence-corrected chi connectivity index (χ2v) is 5.45. The van der Waals surface area contributed by atoms with E-state index in [1.165, 1.54) is 0 Å². The summed E-state index contributed by atoms with van der Waals surface area (Å²) in [6.45, 7) is 3.05. The number of aryl methyl sites for hydroxylation is 1. The van der Waals surface area contributed by atoms with Gasteiger partial charge in [0, 0.05) is 10.9 Å². The predicted molar refractivity (Wildman–Crippen MR) is 87.6 cm³/mol. The molecule has 0 saturated carbocycles. The van der Waals surface area contributed by atoms with Gasteiger partial charge >= 0.3 is 0 Å². The molecule has 0 unspecified atom stereocenters. The molecule has 23 heavy (non-hydrogen) atoms. The number of hydrogen-bond acceptors (Lipinski definition) is 4. The summed E-state index contributed by atoms with van der Waals surface area (Å²) >= 11 is 0. The van der Waals surface area contributed by atoms with E-state index in [1.54, 1.807) is 0 Å². The van der Waals surface area contributed by atoms with E-state index in [9.17, 15) is 5.26 Å². The Bertz CT molecular complexity index is 957. The van der Waals surface area contributed by atoms with Crippen LogP contribution in [0.3, 0.4) is 0 Å². The molecule has 1 aliphatic heterocycles. The lowest BCUT2D eigenvalue weighted by molar-refractivity contribution is 0.171. The first-order valence-electron chi connectivity index (χ1n) is 7.47. The Balaban J connectivity index is 1.96. The second-order valence-electron chi connectivity index (χ2n) is 5.45. The Morgan fingerprint density at radius 1 is 1.04 bits per heavy atom. The Kier molecular flexibility index (Phi) is 3.13. The standard InChI is InChI=1S/C19H14N2O2/c1-12-14-4-2-3-5-16(14)21-19(15(12)11-20)13-6-7-17-18(10-13)23-9-8-22-17/h2-7,10H,8-9H2,1H3. The lowest BCUT2D eigenvalue weighted by Crippen LogP contribution is -2.15. The van der Waals surface area contributed by atoms with Gasteiger partial charge in [-0.2, -0.15) is 5.26 Å². The molecule has 0 saturated heterocycles. The van der Waals surface area contributed by atoms with Crippen LogP contribution in [0.1, 0.15) is 11.1 Å². The minimum atomic E-state index is 0.533. The molecule has 0 N–H and O–H groups in total. The minimum Gasteiger partial charge on any atom is -0.486 e. The zero-order valence-corrected chi connectivity index (χ0v) is 12.7. The van der Waals surface area contributed by atoms with Crippen molar-refractivity contribution in [1.29, 1.82) is 5.26 Å². The molecule has 0 radical (unpaired) electrons. The molecule has 3 aromatic rings. The first-order chi connectivity index (χ1) is 11.3. The van der Waals surface area contributed by atoms with E-state index in [0.717, 1.165) is 27.8 Å². The molecule has 1 aromatic heterocycles. The summed E-state index contributed by atoms with van der Waals surface area (Å²) < 4.78 is 11.2. The van der Waals surface area contributed by atoms with Crippen LogP contribution in [0.2, 0.25) is 0 Å². The van der Waals surface area contributed by atoms with E-state index >= 15 is 0 Å². The molecule has 4 nitrogen and oxygen atoms in total. The van der Waals surface area contributed by atoms with Crippen molar-refractivity contribution >= 4 is 10.9 Å². The molecule has 0 amide bonds. The lowest BCUT2D eigenvalue weighted by Gasteiger charge is -2.19. The average Bonchev–Trinajstić information content (AvgIpc) is 2.61.